The lowest BCUT2D eigenvalue weighted by Crippen LogP contribution is -2.41. The standard InChI is InChI=1S/C25H33N5O3/c1-32-20-7-5-19(6-8-20)17-23(31)30-12-9-22-21(18-30)24(28-10-3-2-4-11-28)27-25(26-22)29-13-15-33-16-14-29/h5-8H,2-4,9-18H2,1H3. The summed E-state index contributed by atoms with van der Waals surface area (Å²) in [5.74, 6) is 2.80. The minimum atomic E-state index is 0.146. The van der Waals surface area contributed by atoms with Crippen LogP contribution in [0.3, 0.4) is 0 Å². The molecule has 2 aromatic rings. The molecule has 5 rings (SSSR count). The number of hydrogen-bond acceptors (Lipinski definition) is 7. The maximum Gasteiger partial charge on any atom is 0.227 e. The lowest BCUT2D eigenvalue weighted by molar-refractivity contribution is -0.131. The summed E-state index contributed by atoms with van der Waals surface area (Å²) in [6, 6.07) is 7.74. The van der Waals surface area contributed by atoms with Crippen molar-refractivity contribution in [3.05, 3.63) is 41.1 Å². The van der Waals surface area contributed by atoms with Gasteiger partial charge in [-0.1, -0.05) is 12.1 Å². The lowest BCUT2D eigenvalue weighted by Gasteiger charge is -2.36. The molecule has 3 aliphatic heterocycles. The van der Waals surface area contributed by atoms with E-state index in [4.69, 9.17) is 19.4 Å². The Bertz CT molecular complexity index is 969. The molecule has 1 aromatic carbocycles. The fourth-order valence-corrected chi connectivity index (χ4v) is 4.90. The maximum atomic E-state index is 13.2. The van der Waals surface area contributed by atoms with Crippen LogP contribution in [0.15, 0.2) is 24.3 Å². The van der Waals surface area contributed by atoms with Gasteiger partial charge in [0, 0.05) is 44.7 Å². The number of methoxy groups -OCH3 is 1. The van der Waals surface area contributed by atoms with Crippen LogP contribution in [-0.4, -0.2) is 73.8 Å². The first kappa shape index (κ1) is 21.9. The SMILES string of the molecule is COc1ccc(CC(=O)N2CCc3nc(N4CCOCC4)nc(N4CCCCC4)c3C2)cc1. The van der Waals surface area contributed by atoms with E-state index in [-0.39, 0.29) is 5.91 Å². The van der Waals surface area contributed by atoms with Crippen molar-refractivity contribution in [3.8, 4) is 5.75 Å². The zero-order valence-corrected chi connectivity index (χ0v) is 19.5. The van der Waals surface area contributed by atoms with E-state index >= 15 is 0 Å². The Labute approximate surface area is 195 Å². The summed E-state index contributed by atoms with van der Waals surface area (Å²) in [6.45, 7) is 6.40. The van der Waals surface area contributed by atoms with Crippen molar-refractivity contribution in [2.75, 3.05) is 62.8 Å². The maximum absolute atomic E-state index is 13.2. The monoisotopic (exact) mass is 451 g/mol. The van der Waals surface area contributed by atoms with Gasteiger partial charge < -0.3 is 24.2 Å². The largest absolute Gasteiger partial charge is 0.497 e. The van der Waals surface area contributed by atoms with Gasteiger partial charge in [-0.25, -0.2) is 4.98 Å². The van der Waals surface area contributed by atoms with Gasteiger partial charge in [-0.2, -0.15) is 4.98 Å². The molecule has 33 heavy (non-hydrogen) atoms. The summed E-state index contributed by atoms with van der Waals surface area (Å²) < 4.78 is 10.8. The minimum absolute atomic E-state index is 0.146. The Morgan fingerprint density at radius 1 is 0.970 bits per heavy atom. The summed E-state index contributed by atoms with van der Waals surface area (Å²) in [5.41, 5.74) is 3.23. The Balaban J connectivity index is 1.38. The Hall–Kier alpha value is -2.87. The quantitative estimate of drug-likeness (QED) is 0.692. The van der Waals surface area contributed by atoms with Crippen LogP contribution in [-0.2, 0) is 28.9 Å². The molecule has 1 amide bonds. The number of carbonyl (C=O) groups excluding carboxylic acids is 1. The number of rotatable bonds is 5. The molecular formula is C25H33N5O3. The molecule has 8 nitrogen and oxygen atoms in total. The van der Waals surface area contributed by atoms with Gasteiger partial charge in [-0.3, -0.25) is 4.79 Å². The smallest absolute Gasteiger partial charge is 0.227 e. The topological polar surface area (TPSA) is 71.0 Å². The Morgan fingerprint density at radius 2 is 1.73 bits per heavy atom. The van der Waals surface area contributed by atoms with Gasteiger partial charge in [-0.15, -0.1) is 0 Å². The third kappa shape index (κ3) is 4.90. The Kier molecular flexibility index (Phi) is 6.62. The van der Waals surface area contributed by atoms with E-state index in [0.29, 0.717) is 32.7 Å². The fourth-order valence-electron chi connectivity index (χ4n) is 4.90. The molecule has 176 valence electrons. The summed E-state index contributed by atoms with van der Waals surface area (Å²) >= 11 is 0. The molecule has 1 aromatic heterocycles. The van der Waals surface area contributed by atoms with Crippen LogP contribution in [0.1, 0.15) is 36.1 Å². The lowest BCUT2D eigenvalue weighted by atomic mass is 10.0. The van der Waals surface area contributed by atoms with Crippen LogP contribution in [0.5, 0.6) is 5.75 Å². The van der Waals surface area contributed by atoms with E-state index < -0.39 is 0 Å². The highest BCUT2D eigenvalue weighted by molar-refractivity contribution is 5.79. The summed E-state index contributed by atoms with van der Waals surface area (Å²) in [5, 5.41) is 0. The molecule has 0 atom stereocenters. The molecule has 0 unspecified atom stereocenters. The average Bonchev–Trinajstić information content (AvgIpc) is 2.89. The van der Waals surface area contributed by atoms with Gasteiger partial charge >= 0.3 is 0 Å². The van der Waals surface area contributed by atoms with Crippen LogP contribution in [0.2, 0.25) is 0 Å². The van der Waals surface area contributed by atoms with Crippen LogP contribution in [0.4, 0.5) is 11.8 Å². The number of anilines is 2. The molecule has 2 fully saturated rings. The highest BCUT2D eigenvalue weighted by Gasteiger charge is 2.29. The summed E-state index contributed by atoms with van der Waals surface area (Å²) in [4.78, 5) is 29.8. The van der Waals surface area contributed by atoms with Crippen molar-refractivity contribution < 1.29 is 14.3 Å². The number of morpholine rings is 1. The zero-order valence-electron chi connectivity index (χ0n) is 19.5. The first-order chi connectivity index (χ1) is 16.2. The summed E-state index contributed by atoms with van der Waals surface area (Å²) in [7, 11) is 1.65. The van der Waals surface area contributed by atoms with Crippen LogP contribution < -0.4 is 14.5 Å². The minimum Gasteiger partial charge on any atom is -0.497 e. The third-order valence-electron chi connectivity index (χ3n) is 6.84. The first-order valence-electron chi connectivity index (χ1n) is 12.1. The second-order valence-corrected chi connectivity index (χ2v) is 9.01. The van der Waals surface area contributed by atoms with Gasteiger partial charge in [0.15, 0.2) is 0 Å². The molecule has 0 saturated carbocycles. The van der Waals surface area contributed by atoms with Crippen molar-refractivity contribution in [1.29, 1.82) is 0 Å². The van der Waals surface area contributed by atoms with E-state index in [0.717, 1.165) is 66.9 Å². The van der Waals surface area contributed by atoms with Crippen molar-refractivity contribution in [3.63, 3.8) is 0 Å². The third-order valence-corrected chi connectivity index (χ3v) is 6.84. The van der Waals surface area contributed by atoms with Gasteiger partial charge in [0.05, 0.1) is 39.0 Å². The van der Waals surface area contributed by atoms with E-state index in [1.165, 1.54) is 19.3 Å². The molecule has 0 spiro atoms. The number of hydrogen-bond donors (Lipinski definition) is 0. The van der Waals surface area contributed by atoms with Crippen molar-refractivity contribution in [2.45, 2.75) is 38.6 Å². The van der Waals surface area contributed by atoms with E-state index in [1.54, 1.807) is 7.11 Å². The van der Waals surface area contributed by atoms with E-state index in [9.17, 15) is 4.79 Å². The Morgan fingerprint density at radius 3 is 2.45 bits per heavy atom. The highest BCUT2D eigenvalue weighted by atomic mass is 16.5. The molecular weight excluding hydrogens is 418 g/mol. The predicted molar refractivity (Wildman–Crippen MR) is 127 cm³/mol. The van der Waals surface area contributed by atoms with Crippen LogP contribution in [0.25, 0.3) is 0 Å². The predicted octanol–water partition coefficient (Wildman–Crippen LogP) is 2.44. The van der Waals surface area contributed by atoms with Crippen LogP contribution >= 0.6 is 0 Å². The fraction of sp³-hybridized carbons (Fsp3) is 0.560. The number of ether oxygens (including phenoxy) is 2. The average molecular weight is 452 g/mol. The molecule has 0 bridgehead atoms. The number of carbonyl (C=O) groups is 1. The van der Waals surface area contributed by atoms with Crippen molar-refractivity contribution >= 4 is 17.7 Å². The van der Waals surface area contributed by atoms with Crippen LogP contribution in [0, 0.1) is 0 Å². The van der Waals surface area contributed by atoms with Gasteiger partial charge in [-0.05, 0) is 37.0 Å². The number of amides is 1. The van der Waals surface area contributed by atoms with E-state index in [1.807, 2.05) is 29.2 Å². The van der Waals surface area contributed by atoms with Gasteiger partial charge in [0.25, 0.3) is 0 Å². The second-order valence-electron chi connectivity index (χ2n) is 9.01. The number of piperidine rings is 1. The normalized spacial score (nSPS) is 18.8. The number of fused-ring (bicyclic) bond motifs is 1. The molecule has 0 N–H and O–H groups in total. The molecule has 8 heteroatoms. The molecule has 4 heterocycles. The molecule has 0 radical (unpaired) electrons. The highest BCUT2D eigenvalue weighted by Crippen LogP contribution is 2.31. The molecule has 3 aliphatic rings. The zero-order chi connectivity index (χ0) is 22.6. The van der Waals surface area contributed by atoms with Crippen molar-refractivity contribution in [2.24, 2.45) is 0 Å². The summed E-state index contributed by atoms with van der Waals surface area (Å²) in [6.07, 6.45) is 4.81. The van der Waals surface area contributed by atoms with Gasteiger partial charge in [0.1, 0.15) is 11.6 Å². The number of benzene rings is 1. The second kappa shape index (κ2) is 9.95. The molecule has 0 aliphatic carbocycles. The first-order valence-corrected chi connectivity index (χ1v) is 12.1. The molecule has 2 saturated heterocycles. The van der Waals surface area contributed by atoms with E-state index in [2.05, 4.69) is 9.80 Å². The van der Waals surface area contributed by atoms with Gasteiger partial charge in [0.2, 0.25) is 11.9 Å². The number of nitrogens with zero attached hydrogens (tertiary/aromatic N) is 5. The van der Waals surface area contributed by atoms with Crippen molar-refractivity contribution in [1.82, 2.24) is 14.9 Å². The number of aromatic nitrogens is 2.